The first-order chi connectivity index (χ1) is 6.81. The van der Waals surface area contributed by atoms with Crippen LogP contribution in [0.25, 0.3) is 0 Å². The third-order valence-corrected chi connectivity index (χ3v) is 1.60. The monoisotopic (exact) mass is 197 g/mol. The molecule has 1 N–H and O–H groups in total. The highest BCUT2D eigenvalue weighted by molar-refractivity contribution is 5.75. The summed E-state index contributed by atoms with van der Waals surface area (Å²) in [5.41, 5.74) is 2.66. The van der Waals surface area contributed by atoms with Gasteiger partial charge in [0, 0.05) is 13.0 Å². The molecular weight excluding hydrogens is 178 g/mol. The van der Waals surface area contributed by atoms with Crippen LogP contribution in [-0.4, -0.2) is 25.7 Å². The Labute approximate surface area is 85.8 Å². The van der Waals surface area contributed by atoms with Crippen molar-refractivity contribution >= 4 is 5.91 Å². The van der Waals surface area contributed by atoms with Crippen LogP contribution in [0.2, 0.25) is 0 Å². The van der Waals surface area contributed by atoms with Crippen molar-refractivity contribution in [2.24, 2.45) is 0 Å². The standard InChI is InChI=1S/C11H19NO2/c1-3-5-6-9-14-10-7-11(13)12-8-4-2/h5H,1,4,6-10H2,2H3,(H,12,13). The number of carbonyl (C=O) groups excluding carboxylic acids is 1. The van der Waals surface area contributed by atoms with Crippen LogP contribution in [0.3, 0.4) is 0 Å². The quantitative estimate of drug-likeness (QED) is 0.474. The first-order valence-electron chi connectivity index (χ1n) is 5.00. The maximum Gasteiger partial charge on any atom is 0.222 e. The molecule has 0 bridgehead atoms. The second-order valence-electron chi connectivity index (χ2n) is 2.91. The Kier molecular flexibility index (Phi) is 9.28. The van der Waals surface area contributed by atoms with Gasteiger partial charge in [-0.3, -0.25) is 4.79 Å². The van der Waals surface area contributed by atoms with Gasteiger partial charge in [0.2, 0.25) is 5.91 Å². The number of ether oxygens (including phenoxy) is 1. The van der Waals surface area contributed by atoms with Gasteiger partial charge >= 0.3 is 0 Å². The van der Waals surface area contributed by atoms with Crippen LogP contribution in [0.5, 0.6) is 0 Å². The minimum absolute atomic E-state index is 0.0612. The van der Waals surface area contributed by atoms with Crippen LogP contribution in [0, 0.1) is 0 Å². The number of hydrogen-bond donors (Lipinski definition) is 1. The molecule has 0 aliphatic heterocycles. The summed E-state index contributed by atoms with van der Waals surface area (Å²) < 4.78 is 5.23. The molecule has 0 aliphatic carbocycles. The van der Waals surface area contributed by atoms with Gasteiger partial charge in [0.15, 0.2) is 0 Å². The van der Waals surface area contributed by atoms with Crippen molar-refractivity contribution in [2.45, 2.75) is 26.2 Å². The number of hydrogen-bond acceptors (Lipinski definition) is 2. The summed E-state index contributed by atoms with van der Waals surface area (Å²) in [7, 11) is 0. The maximum absolute atomic E-state index is 11.1. The van der Waals surface area contributed by atoms with E-state index in [1.54, 1.807) is 0 Å². The Hall–Kier alpha value is -1.05. The van der Waals surface area contributed by atoms with Crippen molar-refractivity contribution in [1.29, 1.82) is 0 Å². The molecule has 3 nitrogen and oxygen atoms in total. The Morgan fingerprint density at radius 3 is 3.00 bits per heavy atom. The molecule has 0 aliphatic rings. The van der Waals surface area contributed by atoms with Crippen molar-refractivity contribution < 1.29 is 9.53 Å². The van der Waals surface area contributed by atoms with Crippen molar-refractivity contribution in [3.05, 3.63) is 18.4 Å². The molecule has 1 amide bonds. The van der Waals surface area contributed by atoms with Crippen LogP contribution >= 0.6 is 0 Å². The Bertz CT molecular complexity index is 195. The third-order valence-electron chi connectivity index (χ3n) is 1.60. The molecule has 0 spiro atoms. The van der Waals surface area contributed by atoms with E-state index in [4.69, 9.17) is 4.74 Å². The zero-order valence-corrected chi connectivity index (χ0v) is 8.84. The predicted molar refractivity (Wildman–Crippen MR) is 57.1 cm³/mol. The molecular formula is C11H19NO2. The number of nitrogens with one attached hydrogen (secondary N) is 1. The van der Waals surface area contributed by atoms with E-state index in [2.05, 4.69) is 17.6 Å². The van der Waals surface area contributed by atoms with Crippen LogP contribution in [-0.2, 0) is 9.53 Å². The molecule has 3 heteroatoms. The maximum atomic E-state index is 11.1. The molecule has 0 unspecified atom stereocenters. The smallest absolute Gasteiger partial charge is 0.222 e. The highest BCUT2D eigenvalue weighted by Crippen LogP contribution is 1.87. The molecule has 0 saturated carbocycles. The van der Waals surface area contributed by atoms with Gasteiger partial charge < -0.3 is 10.1 Å². The molecule has 0 rings (SSSR count). The number of amides is 1. The summed E-state index contributed by atoms with van der Waals surface area (Å²) in [5.74, 6) is 0.0612. The van der Waals surface area contributed by atoms with E-state index in [-0.39, 0.29) is 5.91 Å². The highest BCUT2D eigenvalue weighted by Gasteiger charge is 1.98. The molecule has 0 heterocycles. The van der Waals surface area contributed by atoms with Gasteiger partial charge in [-0.05, 0) is 18.9 Å². The normalized spacial score (nSPS) is 9.21. The first-order valence-corrected chi connectivity index (χ1v) is 5.00. The Morgan fingerprint density at radius 2 is 2.36 bits per heavy atom. The first kappa shape index (κ1) is 12.9. The van der Waals surface area contributed by atoms with E-state index in [9.17, 15) is 4.79 Å². The highest BCUT2D eigenvalue weighted by atomic mass is 16.5. The van der Waals surface area contributed by atoms with Crippen LogP contribution in [0.1, 0.15) is 26.2 Å². The van der Waals surface area contributed by atoms with E-state index < -0.39 is 0 Å². The van der Waals surface area contributed by atoms with Crippen molar-refractivity contribution in [2.75, 3.05) is 19.8 Å². The summed E-state index contributed by atoms with van der Waals surface area (Å²) in [6.07, 6.45) is 4.03. The lowest BCUT2D eigenvalue weighted by Crippen LogP contribution is -2.25. The lowest BCUT2D eigenvalue weighted by atomic mass is 10.4. The summed E-state index contributed by atoms with van der Waals surface area (Å²) in [4.78, 5) is 11.1. The summed E-state index contributed by atoms with van der Waals surface area (Å²) in [6, 6.07) is 0. The fraction of sp³-hybridized carbons (Fsp3) is 0.636. The molecule has 0 fully saturated rings. The zero-order valence-electron chi connectivity index (χ0n) is 8.84. The van der Waals surface area contributed by atoms with Gasteiger partial charge in [0.05, 0.1) is 13.2 Å². The summed E-state index contributed by atoms with van der Waals surface area (Å²) >= 11 is 0. The molecule has 80 valence electrons. The SMILES string of the molecule is C=C=CCCOCCC(=O)NCCC. The van der Waals surface area contributed by atoms with Gasteiger partial charge in [-0.2, -0.15) is 0 Å². The lowest BCUT2D eigenvalue weighted by Gasteiger charge is -2.03. The Balaban J connectivity index is 3.18. The van der Waals surface area contributed by atoms with E-state index in [1.807, 2.05) is 13.0 Å². The van der Waals surface area contributed by atoms with Gasteiger partial charge in [-0.15, -0.1) is 5.73 Å². The van der Waals surface area contributed by atoms with Gasteiger partial charge in [0.1, 0.15) is 0 Å². The number of carbonyl (C=O) groups is 1. The Morgan fingerprint density at radius 1 is 1.57 bits per heavy atom. The van der Waals surface area contributed by atoms with Crippen molar-refractivity contribution in [1.82, 2.24) is 5.32 Å². The minimum atomic E-state index is 0.0612. The van der Waals surface area contributed by atoms with Gasteiger partial charge in [-0.1, -0.05) is 13.5 Å². The fourth-order valence-electron chi connectivity index (χ4n) is 0.864. The fourth-order valence-corrected chi connectivity index (χ4v) is 0.864. The predicted octanol–water partition coefficient (Wildman–Crippen LogP) is 1.65. The summed E-state index contributed by atoms with van der Waals surface area (Å²) in [6.45, 7) is 7.33. The zero-order chi connectivity index (χ0) is 10.6. The second-order valence-corrected chi connectivity index (χ2v) is 2.91. The molecule has 14 heavy (non-hydrogen) atoms. The van der Waals surface area contributed by atoms with E-state index in [0.717, 1.165) is 19.4 Å². The average molecular weight is 197 g/mol. The van der Waals surface area contributed by atoms with E-state index in [0.29, 0.717) is 19.6 Å². The van der Waals surface area contributed by atoms with Crippen LogP contribution in [0.4, 0.5) is 0 Å². The van der Waals surface area contributed by atoms with Crippen LogP contribution < -0.4 is 5.32 Å². The minimum Gasteiger partial charge on any atom is -0.381 e. The van der Waals surface area contributed by atoms with Crippen molar-refractivity contribution in [3.8, 4) is 0 Å². The van der Waals surface area contributed by atoms with Crippen molar-refractivity contribution in [3.63, 3.8) is 0 Å². The van der Waals surface area contributed by atoms with Gasteiger partial charge in [0.25, 0.3) is 0 Å². The third kappa shape index (κ3) is 9.04. The second kappa shape index (κ2) is 10.0. The summed E-state index contributed by atoms with van der Waals surface area (Å²) in [5, 5.41) is 2.79. The topological polar surface area (TPSA) is 38.3 Å². The largest absolute Gasteiger partial charge is 0.381 e. The number of rotatable bonds is 8. The average Bonchev–Trinajstić information content (AvgIpc) is 2.20. The lowest BCUT2D eigenvalue weighted by molar-refractivity contribution is -0.122. The van der Waals surface area contributed by atoms with E-state index >= 15 is 0 Å². The molecule has 0 aromatic carbocycles. The van der Waals surface area contributed by atoms with Crippen LogP contribution in [0.15, 0.2) is 18.4 Å². The molecule has 0 saturated heterocycles. The van der Waals surface area contributed by atoms with Gasteiger partial charge in [-0.25, -0.2) is 0 Å². The molecule has 0 aromatic rings. The molecule has 0 aromatic heterocycles. The molecule has 0 atom stereocenters. The van der Waals surface area contributed by atoms with E-state index in [1.165, 1.54) is 0 Å². The molecule has 0 radical (unpaired) electrons.